The van der Waals surface area contributed by atoms with Gasteiger partial charge in [-0.15, -0.1) is 0 Å². The average Bonchev–Trinajstić information content (AvgIpc) is 2.41. The molecular weight excluding hydrogens is 382 g/mol. The third kappa shape index (κ3) is 3.00. The number of nitrogens with zero attached hydrogens (tertiary/aromatic N) is 2. The van der Waals surface area contributed by atoms with Crippen LogP contribution in [0.2, 0.25) is 0 Å². The van der Waals surface area contributed by atoms with Crippen LogP contribution in [-0.4, -0.2) is 29.1 Å². The van der Waals surface area contributed by atoms with Gasteiger partial charge in [-0.25, -0.2) is 4.39 Å². The van der Waals surface area contributed by atoms with Crippen molar-refractivity contribution in [3.05, 3.63) is 31.6 Å². The fourth-order valence-corrected chi connectivity index (χ4v) is 2.77. The summed E-state index contributed by atoms with van der Waals surface area (Å²) in [5, 5.41) is 20.1. The number of nitro groups is 1. The van der Waals surface area contributed by atoms with E-state index in [1.807, 2.05) is 0 Å². The standard InChI is InChI=1S/C12H12FIN2O4/c13-8-4-10(11(16(19)20)5-9(8)14)15-3-1-2-7(6-15)12(17)18/h4-5,7H,1-3,6H2,(H,17,18). The number of halogens is 2. The largest absolute Gasteiger partial charge is 0.481 e. The molecule has 0 aliphatic carbocycles. The third-order valence-corrected chi connectivity index (χ3v) is 4.15. The molecule has 1 aliphatic rings. The van der Waals surface area contributed by atoms with E-state index >= 15 is 0 Å². The van der Waals surface area contributed by atoms with Crippen molar-refractivity contribution in [1.82, 2.24) is 0 Å². The van der Waals surface area contributed by atoms with E-state index in [0.717, 1.165) is 6.07 Å². The molecule has 8 heteroatoms. The number of benzene rings is 1. The van der Waals surface area contributed by atoms with Crippen LogP contribution in [0.4, 0.5) is 15.8 Å². The molecule has 1 N–H and O–H groups in total. The second-order valence-corrected chi connectivity index (χ2v) is 5.80. The molecule has 1 aliphatic heterocycles. The first-order valence-corrected chi connectivity index (χ1v) is 7.09. The number of rotatable bonds is 3. The summed E-state index contributed by atoms with van der Waals surface area (Å²) in [7, 11) is 0. The SMILES string of the molecule is O=C(O)C1CCCN(c2cc(F)c(I)cc2[N+](=O)[O-])C1. The van der Waals surface area contributed by atoms with E-state index in [9.17, 15) is 19.3 Å². The normalized spacial score (nSPS) is 18.9. The maximum Gasteiger partial charge on any atom is 0.308 e. The lowest BCUT2D eigenvalue weighted by Crippen LogP contribution is -2.39. The summed E-state index contributed by atoms with van der Waals surface area (Å²) in [6, 6.07) is 2.29. The van der Waals surface area contributed by atoms with Crippen LogP contribution in [0.25, 0.3) is 0 Å². The van der Waals surface area contributed by atoms with Crippen LogP contribution < -0.4 is 4.90 Å². The molecule has 20 heavy (non-hydrogen) atoms. The Hall–Kier alpha value is -1.45. The zero-order chi connectivity index (χ0) is 14.9. The van der Waals surface area contributed by atoms with Crippen LogP contribution in [0.1, 0.15) is 12.8 Å². The minimum atomic E-state index is -0.927. The molecule has 0 bridgehead atoms. The second-order valence-electron chi connectivity index (χ2n) is 4.64. The predicted molar refractivity (Wildman–Crippen MR) is 78.3 cm³/mol. The Morgan fingerprint density at radius 2 is 2.25 bits per heavy atom. The first-order valence-electron chi connectivity index (χ1n) is 6.01. The van der Waals surface area contributed by atoms with Gasteiger partial charge in [0.15, 0.2) is 0 Å². The van der Waals surface area contributed by atoms with E-state index in [1.165, 1.54) is 6.07 Å². The highest BCUT2D eigenvalue weighted by molar-refractivity contribution is 14.1. The van der Waals surface area contributed by atoms with Crippen molar-refractivity contribution < 1.29 is 19.2 Å². The number of aliphatic carboxylic acids is 1. The molecular formula is C12H12FIN2O4. The highest BCUT2D eigenvalue weighted by atomic mass is 127. The molecule has 1 aromatic rings. The number of carboxylic acids is 1. The zero-order valence-corrected chi connectivity index (χ0v) is 12.5. The lowest BCUT2D eigenvalue weighted by molar-refractivity contribution is -0.384. The fraction of sp³-hybridized carbons (Fsp3) is 0.417. The van der Waals surface area contributed by atoms with Gasteiger partial charge in [-0.1, -0.05) is 0 Å². The summed E-state index contributed by atoms with van der Waals surface area (Å²) in [4.78, 5) is 23.1. The molecule has 6 nitrogen and oxygen atoms in total. The summed E-state index contributed by atoms with van der Waals surface area (Å²) >= 11 is 1.69. The van der Waals surface area contributed by atoms with E-state index in [2.05, 4.69) is 0 Å². The molecule has 0 amide bonds. The van der Waals surface area contributed by atoms with Gasteiger partial charge in [0, 0.05) is 25.2 Å². The summed E-state index contributed by atoms with van der Waals surface area (Å²) < 4.78 is 13.8. The maximum atomic E-state index is 13.7. The molecule has 2 rings (SSSR count). The average molecular weight is 394 g/mol. The Labute approximate surface area is 127 Å². The first-order chi connectivity index (χ1) is 9.40. The Morgan fingerprint density at radius 1 is 1.55 bits per heavy atom. The van der Waals surface area contributed by atoms with Gasteiger partial charge in [0.2, 0.25) is 0 Å². The summed E-state index contributed by atoms with van der Waals surface area (Å²) in [6.45, 7) is 0.654. The highest BCUT2D eigenvalue weighted by Gasteiger charge is 2.30. The molecule has 0 radical (unpaired) electrons. The number of piperidine rings is 1. The van der Waals surface area contributed by atoms with Gasteiger partial charge < -0.3 is 10.0 Å². The quantitative estimate of drug-likeness (QED) is 0.484. The minimum absolute atomic E-state index is 0.152. The molecule has 1 fully saturated rings. The van der Waals surface area contributed by atoms with Crippen molar-refractivity contribution in [2.75, 3.05) is 18.0 Å². The van der Waals surface area contributed by atoms with Gasteiger partial charge in [-0.3, -0.25) is 14.9 Å². The number of hydrogen-bond acceptors (Lipinski definition) is 4. The Morgan fingerprint density at radius 3 is 2.85 bits per heavy atom. The molecule has 1 atom stereocenters. The van der Waals surface area contributed by atoms with Crippen LogP contribution in [-0.2, 0) is 4.79 Å². The monoisotopic (exact) mass is 394 g/mol. The van der Waals surface area contributed by atoms with Crippen LogP contribution in [0, 0.1) is 25.4 Å². The third-order valence-electron chi connectivity index (χ3n) is 3.33. The highest BCUT2D eigenvalue weighted by Crippen LogP contribution is 2.34. The first kappa shape index (κ1) is 14.9. The van der Waals surface area contributed by atoms with Crippen LogP contribution in [0.15, 0.2) is 12.1 Å². The topological polar surface area (TPSA) is 83.7 Å². The molecule has 1 unspecified atom stereocenters. The number of carbonyl (C=O) groups is 1. The molecule has 0 spiro atoms. The maximum absolute atomic E-state index is 13.7. The van der Waals surface area contributed by atoms with Crippen molar-refractivity contribution in [2.45, 2.75) is 12.8 Å². The van der Waals surface area contributed by atoms with Crippen molar-refractivity contribution in [3.8, 4) is 0 Å². The number of hydrogen-bond donors (Lipinski definition) is 1. The van der Waals surface area contributed by atoms with E-state index in [1.54, 1.807) is 27.5 Å². The minimum Gasteiger partial charge on any atom is -0.481 e. The Bertz CT molecular complexity index is 567. The number of nitro benzene ring substituents is 1. The molecule has 1 aromatic carbocycles. The summed E-state index contributed by atoms with van der Waals surface area (Å²) in [5.41, 5.74) is -0.0410. The fourth-order valence-electron chi connectivity index (χ4n) is 2.32. The second kappa shape index (κ2) is 5.90. The van der Waals surface area contributed by atoms with E-state index < -0.39 is 22.6 Å². The van der Waals surface area contributed by atoms with E-state index in [0.29, 0.717) is 19.4 Å². The molecule has 1 heterocycles. The number of carboxylic acid groups (broad SMARTS) is 1. The predicted octanol–water partition coefficient (Wildman–Crippen LogP) is 2.64. The molecule has 1 saturated heterocycles. The van der Waals surface area contributed by atoms with E-state index in [-0.39, 0.29) is 21.5 Å². The number of anilines is 1. The Balaban J connectivity index is 2.38. The summed E-state index contributed by atoms with van der Waals surface area (Å²) in [6.07, 6.45) is 1.15. The summed E-state index contributed by atoms with van der Waals surface area (Å²) in [5.74, 6) is -2.04. The Kier molecular flexibility index (Phi) is 4.41. The lowest BCUT2D eigenvalue weighted by Gasteiger charge is -2.32. The van der Waals surface area contributed by atoms with Gasteiger partial charge in [0.05, 0.1) is 14.4 Å². The molecule has 0 aromatic heterocycles. The smallest absolute Gasteiger partial charge is 0.308 e. The molecule has 0 saturated carbocycles. The van der Waals surface area contributed by atoms with Crippen LogP contribution >= 0.6 is 22.6 Å². The van der Waals surface area contributed by atoms with Gasteiger partial charge in [0.1, 0.15) is 11.5 Å². The van der Waals surface area contributed by atoms with Gasteiger partial charge in [-0.05, 0) is 35.4 Å². The zero-order valence-electron chi connectivity index (χ0n) is 10.4. The van der Waals surface area contributed by atoms with Crippen LogP contribution in [0.3, 0.4) is 0 Å². The van der Waals surface area contributed by atoms with Crippen molar-refractivity contribution in [3.63, 3.8) is 0 Å². The molecule has 108 valence electrons. The van der Waals surface area contributed by atoms with Gasteiger partial charge in [-0.2, -0.15) is 0 Å². The van der Waals surface area contributed by atoms with Crippen molar-refractivity contribution in [2.24, 2.45) is 5.92 Å². The van der Waals surface area contributed by atoms with Gasteiger partial charge in [0.25, 0.3) is 5.69 Å². The van der Waals surface area contributed by atoms with Crippen molar-refractivity contribution in [1.29, 1.82) is 0 Å². The van der Waals surface area contributed by atoms with Crippen LogP contribution in [0.5, 0.6) is 0 Å². The van der Waals surface area contributed by atoms with Crippen molar-refractivity contribution >= 4 is 39.9 Å². The van der Waals surface area contributed by atoms with Gasteiger partial charge >= 0.3 is 5.97 Å². The van der Waals surface area contributed by atoms with E-state index in [4.69, 9.17) is 5.11 Å². The lowest BCUT2D eigenvalue weighted by atomic mass is 9.97.